The first-order valence-electron chi connectivity index (χ1n) is 9.35. The van der Waals surface area contributed by atoms with Crippen LogP contribution < -0.4 is 10.6 Å². The standard InChI is InChI=1S/C20H19ClN6O4S/c1-12-5-3-4-6-15(12)22-18(28)10-17-24-25-20(26(17)2)32-11-19(29)23-16-9-13(27(30)31)7-8-14(16)21/h3-9H,10-11H2,1-2H3,(H,22,28)(H,23,29). The van der Waals surface area contributed by atoms with Crippen LogP contribution in [0.3, 0.4) is 0 Å². The quantitative estimate of drug-likeness (QED) is 0.289. The summed E-state index contributed by atoms with van der Waals surface area (Å²) in [5.74, 6) is -0.232. The van der Waals surface area contributed by atoms with Crippen molar-refractivity contribution in [2.45, 2.75) is 18.5 Å². The highest BCUT2D eigenvalue weighted by Gasteiger charge is 2.16. The number of nitrogens with zero attached hydrogens (tertiary/aromatic N) is 4. The maximum Gasteiger partial charge on any atom is 0.271 e. The van der Waals surface area contributed by atoms with E-state index < -0.39 is 10.8 Å². The van der Waals surface area contributed by atoms with Gasteiger partial charge in [-0.1, -0.05) is 41.6 Å². The zero-order valence-corrected chi connectivity index (χ0v) is 18.7. The van der Waals surface area contributed by atoms with Gasteiger partial charge in [-0.25, -0.2) is 0 Å². The Kier molecular flexibility index (Phi) is 7.44. The van der Waals surface area contributed by atoms with Crippen molar-refractivity contribution in [2.24, 2.45) is 7.05 Å². The number of halogens is 1. The molecule has 0 aliphatic carbocycles. The van der Waals surface area contributed by atoms with Gasteiger partial charge in [-0.15, -0.1) is 10.2 Å². The van der Waals surface area contributed by atoms with Gasteiger partial charge in [0.15, 0.2) is 5.16 Å². The SMILES string of the molecule is Cc1ccccc1NC(=O)Cc1nnc(SCC(=O)Nc2cc([N+](=O)[O-])ccc2Cl)n1C. The lowest BCUT2D eigenvalue weighted by atomic mass is 10.2. The van der Waals surface area contributed by atoms with Gasteiger partial charge in [0, 0.05) is 24.9 Å². The number of para-hydroxylation sites is 1. The number of thioether (sulfide) groups is 1. The first-order valence-corrected chi connectivity index (χ1v) is 10.7. The number of non-ortho nitro benzene ring substituents is 1. The Balaban J connectivity index is 1.57. The third kappa shape index (κ3) is 5.83. The zero-order valence-electron chi connectivity index (χ0n) is 17.2. The molecule has 0 bridgehead atoms. The van der Waals surface area contributed by atoms with Crippen molar-refractivity contribution in [1.29, 1.82) is 0 Å². The number of hydrogen-bond acceptors (Lipinski definition) is 7. The van der Waals surface area contributed by atoms with Crippen LogP contribution in [0.15, 0.2) is 47.6 Å². The van der Waals surface area contributed by atoms with Crippen molar-refractivity contribution in [1.82, 2.24) is 14.8 Å². The Labute approximate surface area is 192 Å². The van der Waals surface area contributed by atoms with E-state index in [0.717, 1.165) is 23.0 Å². The van der Waals surface area contributed by atoms with E-state index >= 15 is 0 Å². The summed E-state index contributed by atoms with van der Waals surface area (Å²) in [5.41, 5.74) is 1.65. The minimum Gasteiger partial charge on any atom is -0.325 e. The molecule has 12 heteroatoms. The van der Waals surface area contributed by atoms with Gasteiger partial charge in [0.1, 0.15) is 5.82 Å². The Morgan fingerprint density at radius 3 is 2.56 bits per heavy atom. The average molecular weight is 475 g/mol. The summed E-state index contributed by atoms with van der Waals surface area (Å²) in [4.78, 5) is 34.9. The van der Waals surface area contributed by atoms with Crippen LogP contribution in [0.4, 0.5) is 17.1 Å². The largest absolute Gasteiger partial charge is 0.325 e. The lowest BCUT2D eigenvalue weighted by Crippen LogP contribution is -2.18. The number of aromatic nitrogens is 3. The molecule has 1 aromatic heterocycles. The summed E-state index contributed by atoms with van der Waals surface area (Å²) in [5, 5.41) is 25.0. The Morgan fingerprint density at radius 1 is 1.12 bits per heavy atom. The van der Waals surface area contributed by atoms with Gasteiger partial charge >= 0.3 is 0 Å². The minimum absolute atomic E-state index is 0.0217. The number of nitro groups is 1. The van der Waals surface area contributed by atoms with Crippen LogP contribution in [0, 0.1) is 17.0 Å². The molecule has 0 aliphatic heterocycles. The smallest absolute Gasteiger partial charge is 0.271 e. The second-order valence-corrected chi connectivity index (χ2v) is 8.11. The summed E-state index contributed by atoms with van der Waals surface area (Å²) in [6.07, 6.45) is 0.0217. The summed E-state index contributed by atoms with van der Waals surface area (Å²) in [6, 6.07) is 11.2. The van der Waals surface area contributed by atoms with Gasteiger partial charge in [0.05, 0.1) is 27.8 Å². The molecule has 0 radical (unpaired) electrons. The van der Waals surface area contributed by atoms with Crippen LogP contribution in [0.2, 0.25) is 5.02 Å². The van der Waals surface area contributed by atoms with Gasteiger partial charge in [-0.3, -0.25) is 19.7 Å². The van der Waals surface area contributed by atoms with Crippen molar-refractivity contribution in [3.8, 4) is 0 Å². The molecular weight excluding hydrogens is 456 g/mol. The van der Waals surface area contributed by atoms with Crippen molar-refractivity contribution in [3.05, 3.63) is 69.0 Å². The molecule has 0 saturated heterocycles. The minimum atomic E-state index is -0.572. The number of rotatable bonds is 8. The molecule has 3 aromatic rings. The van der Waals surface area contributed by atoms with Crippen molar-refractivity contribution >= 4 is 52.2 Å². The summed E-state index contributed by atoms with van der Waals surface area (Å²) in [7, 11) is 1.70. The summed E-state index contributed by atoms with van der Waals surface area (Å²) in [6.45, 7) is 1.90. The molecule has 32 heavy (non-hydrogen) atoms. The van der Waals surface area contributed by atoms with Gasteiger partial charge in [-0.05, 0) is 24.6 Å². The van der Waals surface area contributed by atoms with E-state index in [-0.39, 0.29) is 34.5 Å². The number of carbonyl (C=O) groups excluding carboxylic acids is 2. The summed E-state index contributed by atoms with van der Waals surface area (Å²) < 4.78 is 1.63. The van der Waals surface area contributed by atoms with Crippen molar-refractivity contribution in [2.75, 3.05) is 16.4 Å². The number of benzene rings is 2. The van der Waals surface area contributed by atoms with E-state index in [1.807, 2.05) is 31.2 Å². The average Bonchev–Trinajstić information content (AvgIpc) is 3.09. The Hall–Kier alpha value is -3.44. The molecule has 10 nitrogen and oxygen atoms in total. The molecule has 2 amide bonds. The van der Waals surface area contributed by atoms with Crippen LogP contribution in [0.5, 0.6) is 0 Å². The third-order valence-corrected chi connectivity index (χ3v) is 5.78. The predicted octanol–water partition coefficient (Wildman–Crippen LogP) is 3.60. The fourth-order valence-electron chi connectivity index (χ4n) is 2.71. The van der Waals surface area contributed by atoms with Crippen molar-refractivity contribution < 1.29 is 14.5 Å². The maximum absolute atomic E-state index is 12.3. The van der Waals surface area contributed by atoms with E-state index in [1.165, 1.54) is 18.2 Å². The van der Waals surface area contributed by atoms with E-state index in [0.29, 0.717) is 11.0 Å². The molecule has 0 unspecified atom stereocenters. The fraction of sp³-hybridized carbons (Fsp3) is 0.200. The molecule has 1 heterocycles. The highest BCUT2D eigenvalue weighted by molar-refractivity contribution is 7.99. The van der Waals surface area contributed by atoms with E-state index in [2.05, 4.69) is 20.8 Å². The molecule has 0 spiro atoms. The molecule has 2 aromatic carbocycles. The van der Waals surface area contributed by atoms with Crippen LogP contribution in [-0.2, 0) is 23.1 Å². The number of hydrogen-bond donors (Lipinski definition) is 2. The second-order valence-electron chi connectivity index (χ2n) is 6.76. The number of nitro benzene ring substituents is 1. The lowest BCUT2D eigenvalue weighted by molar-refractivity contribution is -0.384. The van der Waals surface area contributed by atoms with Crippen molar-refractivity contribution in [3.63, 3.8) is 0 Å². The molecule has 0 saturated carbocycles. The number of amides is 2. The van der Waals surface area contributed by atoms with Crippen LogP contribution in [0.1, 0.15) is 11.4 Å². The number of anilines is 2. The maximum atomic E-state index is 12.3. The van der Waals surface area contributed by atoms with Gasteiger partial charge in [0.2, 0.25) is 11.8 Å². The summed E-state index contributed by atoms with van der Waals surface area (Å²) >= 11 is 7.11. The van der Waals surface area contributed by atoms with Crippen LogP contribution >= 0.6 is 23.4 Å². The van der Waals surface area contributed by atoms with Crippen LogP contribution in [-0.4, -0.2) is 37.3 Å². The Bertz CT molecular complexity index is 1180. The predicted molar refractivity (Wildman–Crippen MR) is 122 cm³/mol. The van der Waals surface area contributed by atoms with E-state index in [1.54, 1.807) is 11.6 Å². The molecule has 0 atom stereocenters. The highest BCUT2D eigenvalue weighted by atomic mass is 35.5. The molecule has 0 fully saturated rings. The topological polar surface area (TPSA) is 132 Å². The van der Waals surface area contributed by atoms with Gasteiger partial charge in [-0.2, -0.15) is 0 Å². The molecular formula is C20H19ClN6O4S. The lowest BCUT2D eigenvalue weighted by Gasteiger charge is -2.08. The monoisotopic (exact) mass is 474 g/mol. The second kappa shape index (κ2) is 10.2. The number of nitrogens with one attached hydrogen (secondary N) is 2. The number of aryl methyl sites for hydroxylation is 1. The normalized spacial score (nSPS) is 10.6. The first-order chi connectivity index (χ1) is 15.2. The first kappa shape index (κ1) is 23.2. The third-order valence-electron chi connectivity index (χ3n) is 4.43. The van der Waals surface area contributed by atoms with E-state index in [9.17, 15) is 19.7 Å². The number of carbonyl (C=O) groups is 2. The van der Waals surface area contributed by atoms with Crippen LogP contribution in [0.25, 0.3) is 0 Å². The van der Waals surface area contributed by atoms with Gasteiger partial charge in [0.25, 0.3) is 5.69 Å². The zero-order chi connectivity index (χ0) is 23.3. The van der Waals surface area contributed by atoms with E-state index in [4.69, 9.17) is 11.6 Å². The fourth-order valence-corrected chi connectivity index (χ4v) is 3.61. The molecule has 0 aliphatic rings. The molecule has 2 N–H and O–H groups in total. The highest BCUT2D eigenvalue weighted by Crippen LogP contribution is 2.27. The molecule has 3 rings (SSSR count). The Morgan fingerprint density at radius 2 is 1.84 bits per heavy atom. The van der Waals surface area contributed by atoms with Gasteiger partial charge < -0.3 is 15.2 Å². The molecule has 166 valence electrons.